The molecule has 0 aliphatic carbocycles. The molecule has 2 N–H and O–H groups in total. The molecule has 0 saturated heterocycles. The molecule has 126 valence electrons. The second-order valence-electron chi connectivity index (χ2n) is 5.74. The molecule has 24 heavy (non-hydrogen) atoms. The highest BCUT2D eigenvalue weighted by atomic mass is 19.4. The molecule has 0 fully saturated rings. The number of nitrogens with two attached hydrogens (primary N) is 1. The van der Waals surface area contributed by atoms with Gasteiger partial charge in [-0.05, 0) is 18.6 Å². The van der Waals surface area contributed by atoms with E-state index in [0.717, 1.165) is 11.6 Å². The Kier molecular flexibility index (Phi) is 3.95. The summed E-state index contributed by atoms with van der Waals surface area (Å²) in [6, 6.07) is 9.70. The summed E-state index contributed by atoms with van der Waals surface area (Å²) >= 11 is 0. The SMILES string of the molecule is C[C@@H](c1ccccc1)N1C(=O)CCc2nc(N)c(C(F)(F)F)cc21. The topological polar surface area (TPSA) is 59.2 Å². The number of aryl methyl sites for hydroxylation is 1. The second-order valence-corrected chi connectivity index (χ2v) is 5.74. The predicted octanol–water partition coefficient (Wildman–Crippen LogP) is 3.72. The molecule has 1 aromatic heterocycles. The quantitative estimate of drug-likeness (QED) is 0.910. The number of nitrogens with zero attached hydrogens (tertiary/aromatic N) is 2. The summed E-state index contributed by atoms with van der Waals surface area (Å²) in [5, 5.41) is 0. The van der Waals surface area contributed by atoms with E-state index < -0.39 is 23.6 Å². The minimum absolute atomic E-state index is 0.184. The summed E-state index contributed by atoms with van der Waals surface area (Å²) in [6.07, 6.45) is -4.13. The van der Waals surface area contributed by atoms with Crippen molar-refractivity contribution in [3.05, 3.63) is 53.2 Å². The van der Waals surface area contributed by atoms with Crippen LogP contribution in [0.3, 0.4) is 0 Å². The van der Waals surface area contributed by atoms with Crippen molar-refractivity contribution in [2.24, 2.45) is 0 Å². The van der Waals surface area contributed by atoms with E-state index in [1.165, 1.54) is 4.90 Å². The first-order valence-corrected chi connectivity index (χ1v) is 7.52. The minimum atomic E-state index is -4.62. The molecule has 2 aromatic rings. The predicted molar refractivity (Wildman–Crippen MR) is 84.3 cm³/mol. The third-order valence-corrected chi connectivity index (χ3v) is 4.19. The number of benzene rings is 1. The van der Waals surface area contributed by atoms with Crippen LogP contribution in [0.15, 0.2) is 36.4 Å². The fraction of sp³-hybridized carbons (Fsp3) is 0.294. The normalized spacial score (nSPS) is 16.0. The molecule has 4 nitrogen and oxygen atoms in total. The molecule has 1 aliphatic rings. The van der Waals surface area contributed by atoms with E-state index in [1.54, 1.807) is 6.92 Å². The number of pyridine rings is 1. The Balaban J connectivity index is 2.11. The van der Waals surface area contributed by atoms with Gasteiger partial charge in [0.05, 0.1) is 23.0 Å². The first-order valence-electron chi connectivity index (χ1n) is 7.52. The molecule has 0 bridgehead atoms. The van der Waals surface area contributed by atoms with Crippen LogP contribution in [0.25, 0.3) is 0 Å². The molecule has 2 heterocycles. The van der Waals surface area contributed by atoms with Crippen LogP contribution in [0.2, 0.25) is 0 Å². The van der Waals surface area contributed by atoms with Crippen molar-refractivity contribution in [3.63, 3.8) is 0 Å². The Morgan fingerprint density at radius 3 is 2.50 bits per heavy atom. The van der Waals surface area contributed by atoms with Gasteiger partial charge >= 0.3 is 6.18 Å². The molecule has 0 radical (unpaired) electrons. The van der Waals surface area contributed by atoms with Gasteiger partial charge in [0, 0.05) is 12.8 Å². The van der Waals surface area contributed by atoms with E-state index in [-0.39, 0.29) is 24.4 Å². The average Bonchev–Trinajstić information content (AvgIpc) is 2.54. The van der Waals surface area contributed by atoms with Gasteiger partial charge in [-0.3, -0.25) is 4.79 Å². The van der Waals surface area contributed by atoms with E-state index in [2.05, 4.69) is 4.98 Å². The lowest BCUT2D eigenvalue weighted by atomic mass is 9.99. The van der Waals surface area contributed by atoms with Crippen LogP contribution >= 0.6 is 0 Å². The van der Waals surface area contributed by atoms with Crippen LogP contribution in [0.1, 0.15) is 36.2 Å². The molecule has 0 unspecified atom stereocenters. The lowest BCUT2D eigenvalue weighted by molar-refractivity contribution is -0.137. The van der Waals surface area contributed by atoms with Crippen molar-refractivity contribution in [1.82, 2.24) is 4.98 Å². The van der Waals surface area contributed by atoms with Crippen molar-refractivity contribution in [3.8, 4) is 0 Å². The van der Waals surface area contributed by atoms with E-state index in [1.807, 2.05) is 30.3 Å². The van der Waals surface area contributed by atoms with E-state index in [0.29, 0.717) is 5.69 Å². The van der Waals surface area contributed by atoms with Gasteiger partial charge in [0.2, 0.25) is 5.91 Å². The molecule has 1 amide bonds. The number of halogens is 3. The zero-order valence-corrected chi connectivity index (χ0v) is 13.0. The number of carbonyl (C=O) groups is 1. The highest BCUT2D eigenvalue weighted by Gasteiger charge is 2.38. The van der Waals surface area contributed by atoms with Gasteiger partial charge in [0.25, 0.3) is 0 Å². The van der Waals surface area contributed by atoms with Crippen LogP contribution in [0, 0.1) is 0 Å². The standard InChI is InChI=1S/C17H16F3N3O/c1-10(11-5-3-2-4-6-11)23-14-9-12(17(18,19)20)16(21)22-13(14)7-8-15(23)24/h2-6,9-10H,7-8H2,1H3,(H2,21,22)/t10-/m0/s1. The molecule has 1 aliphatic heterocycles. The maximum absolute atomic E-state index is 13.1. The Morgan fingerprint density at radius 1 is 1.21 bits per heavy atom. The van der Waals surface area contributed by atoms with E-state index in [9.17, 15) is 18.0 Å². The number of amides is 1. The summed E-state index contributed by atoms with van der Waals surface area (Å²) in [7, 11) is 0. The number of carbonyl (C=O) groups excluding carboxylic acids is 1. The van der Waals surface area contributed by atoms with Crippen LogP contribution in [-0.4, -0.2) is 10.9 Å². The first kappa shape index (κ1) is 16.3. The van der Waals surface area contributed by atoms with Crippen LogP contribution in [0.5, 0.6) is 0 Å². The smallest absolute Gasteiger partial charge is 0.383 e. The van der Waals surface area contributed by atoms with Crippen LogP contribution in [0.4, 0.5) is 24.7 Å². The number of aromatic nitrogens is 1. The largest absolute Gasteiger partial charge is 0.420 e. The monoisotopic (exact) mass is 335 g/mol. The summed E-state index contributed by atoms with van der Waals surface area (Å²) in [6.45, 7) is 1.78. The highest BCUT2D eigenvalue weighted by Crippen LogP contribution is 2.40. The molecule has 1 aromatic carbocycles. The molecule has 0 spiro atoms. The van der Waals surface area contributed by atoms with Gasteiger partial charge in [-0.1, -0.05) is 30.3 Å². The van der Waals surface area contributed by atoms with E-state index in [4.69, 9.17) is 5.73 Å². The maximum Gasteiger partial charge on any atom is 0.420 e. The summed E-state index contributed by atoms with van der Waals surface area (Å²) in [4.78, 5) is 17.7. The summed E-state index contributed by atoms with van der Waals surface area (Å²) < 4.78 is 39.4. The van der Waals surface area contributed by atoms with Crippen LogP contribution in [-0.2, 0) is 17.4 Å². The molecular weight excluding hydrogens is 319 g/mol. The number of alkyl halides is 3. The zero-order valence-electron chi connectivity index (χ0n) is 13.0. The van der Waals surface area contributed by atoms with Gasteiger partial charge in [-0.15, -0.1) is 0 Å². The minimum Gasteiger partial charge on any atom is -0.383 e. The third-order valence-electron chi connectivity index (χ3n) is 4.19. The lowest BCUT2D eigenvalue weighted by Crippen LogP contribution is -2.38. The number of hydrogen-bond acceptors (Lipinski definition) is 3. The van der Waals surface area contributed by atoms with Gasteiger partial charge in [-0.25, -0.2) is 4.98 Å². The Bertz CT molecular complexity index is 775. The van der Waals surface area contributed by atoms with E-state index >= 15 is 0 Å². The first-order chi connectivity index (χ1) is 11.3. The molecule has 3 rings (SSSR count). The molecule has 1 atom stereocenters. The molecule has 7 heteroatoms. The van der Waals surface area contributed by atoms with Crippen molar-refractivity contribution in [1.29, 1.82) is 0 Å². The second kappa shape index (κ2) is 5.81. The van der Waals surface area contributed by atoms with Crippen molar-refractivity contribution in [2.45, 2.75) is 32.0 Å². The number of anilines is 2. The van der Waals surface area contributed by atoms with Gasteiger partial charge < -0.3 is 10.6 Å². The third kappa shape index (κ3) is 2.81. The Morgan fingerprint density at radius 2 is 1.88 bits per heavy atom. The fourth-order valence-electron chi connectivity index (χ4n) is 2.96. The fourth-order valence-corrected chi connectivity index (χ4v) is 2.96. The van der Waals surface area contributed by atoms with Gasteiger partial charge in [0.15, 0.2) is 0 Å². The van der Waals surface area contributed by atoms with Gasteiger partial charge in [0.1, 0.15) is 5.82 Å². The van der Waals surface area contributed by atoms with Gasteiger partial charge in [-0.2, -0.15) is 13.2 Å². The van der Waals surface area contributed by atoms with Crippen molar-refractivity contribution < 1.29 is 18.0 Å². The average molecular weight is 335 g/mol. The number of hydrogen-bond donors (Lipinski definition) is 1. The summed E-state index contributed by atoms with van der Waals surface area (Å²) in [5.41, 5.74) is 5.89. The highest BCUT2D eigenvalue weighted by molar-refractivity contribution is 5.97. The Hall–Kier alpha value is -2.57. The molecule has 0 saturated carbocycles. The lowest BCUT2D eigenvalue weighted by Gasteiger charge is -2.34. The van der Waals surface area contributed by atoms with Crippen molar-refractivity contribution >= 4 is 17.4 Å². The zero-order chi connectivity index (χ0) is 17.5. The number of fused-ring (bicyclic) bond motifs is 1. The number of nitrogen functional groups attached to an aromatic ring is 1. The Labute approximate surface area is 137 Å². The maximum atomic E-state index is 13.1. The molecular formula is C17H16F3N3O. The van der Waals surface area contributed by atoms with Crippen LogP contribution < -0.4 is 10.6 Å². The summed E-state index contributed by atoms with van der Waals surface area (Å²) in [5.74, 6) is -0.776. The van der Waals surface area contributed by atoms with Crippen molar-refractivity contribution in [2.75, 3.05) is 10.6 Å². The number of rotatable bonds is 2.